The lowest BCUT2D eigenvalue weighted by Crippen LogP contribution is -2.44. The minimum absolute atomic E-state index is 0.419. The summed E-state index contributed by atoms with van der Waals surface area (Å²) < 4.78 is 25.1. The molecule has 0 amide bonds. The van der Waals surface area contributed by atoms with Crippen LogP contribution < -0.4 is 15.6 Å². The topological polar surface area (TPSA) is 75.4 Å². The Morgan fingerprint density at radius 2 is 1.80 bits per heavy atom. The number of hydrazine groups is 1. The molecular formula is C14H25N3O2S. The molecule has 1 unspecified atom stereocenters. The first-order valence-electron chi connectivity index (χ1n) is 6.90. The van der Waals surface area contributed by atoms with Gasteiger partial charge in [0.1, 0.15) is 0 Å². The van der Waals surface area contributed by atoms with E-state index in [1.54, 1.807) is 24.3 Å². The van der Waals surface area contributed by atoms with Gasteiger partial charge in [-0.05, 0) is 31.0 Å². The van der Waals surface area contributed by atoms with Crippen LogP contribution in [0.4, 0.5) is 5.69 Å². The number of para-hydroxylation sites is 1. The molecule has 1 aromatic rings. The Labute approximate surface area is 122 Å². The zero-order valence-electron chi connectivity index (χ0n) is 12.4. The van der Waals surface area contributed by atoms with E-state index in [9.17, 15) is 8.42 Å². The van der Waals surface area contributed by atoms with Crippen LogP contribution in [0.2, 0.25) is 0 Å². The van der Waals surface area contributed by atoms with Crippen molar-refractivity contribution < 1.29 is 8.42 Å². The number of anilines is 1. The van der Waals surface area contributed by atoms with Crippen LogP contribution in [0.25, 0.3) is 0 Å². The van der Waals surface area contributed by atoms with Crippen LogP contribution in [0.1, 0.15) is 27.2 Å². The number of sulfonamides is 1. The Morgan fingerprint density at radius 1 is 1.25 bits per heavy atom. The third kappa shape index (κ3) is 4.77. The van der Waals surface area contributed by atoms with Crippen LogP contribution >= 0.6 is 0 Å². The molecule has 1 saturated heterocycles. The minimum Gasteiger partial charge on any atom is -0.315 e. The maximum atomic E-state index is 12.1. The molecule has 0 aromatic heterocycles. The van der Waals surface area contributed by atoms with E-state index in [2.05, 4.69) is 26.1 Å². The van der Waals surface area contributed by atoms with Crippen molar-refractivity contribution in [2.24, 2.45) is 11.8 Å². The van der Waals surface area contributed by atoms with Gasteiger partial charge in [-0.3, -0.25) is 0 Å². The van der Waals surface area contributed by atoms with Crippen molar-refractivity contribution >= 4 is 15.7 Å². The SMILES string of the molecule is CC(C)C.NN(c1ccccc1)S(=O)(=O)C1CCNC1. The quantitative estimate of drug-likeness (QED) is 0.658. The van der Waals surface area contributed by atoms with Gasteiger partial charge in [-0.15, -0.1) is 0 Å². The number of rotatable bonds is 3. The Balaban J connectivity index is 0.000000444. The molecule has 5 nitrogen and oxygen atoms in total. The molecule has 0 bridgehead atoms. The summed E-state index contributed by atoms with van der Waals surface area (Å²) in [5.74, 6) is 6.50. The van der Waals surface area contributed by atoms with Crippen molar-refractivity contribution in [1.82, 2.24) is 5.32 Å². The molecule has 1 heterocycles. The van der Waals surface area contributed by atoms with Crippen molar-refractivity contribution in [2.75, 3.05) is 17.5 Å². The van der Waals surface area contributed by atoms with Crippen LogP contribution in [-0.4, -0.2) is 26.8 Å². The van der Waals surface area contributed by atoms with Crippen molar-refractivity contribution in [3.8, 4) is 0 Å². The van der Waals surface area contributed by atoms with Crippen LogP contribution in [0.3, 0.4) is 0 Å². The normalized spacial score (nSPS) is 18.6. The molecule has 6 heteroatoms. The minimum atomic E-state index is -3.44. The first-order chi connectivity index (χ1) is 9.35. The predicted octanol–water partition coefficient (Wildman–Crippen LogP) is 1.72. The van der Waals surface area contributed by atoms with Gasteiger partial charge in [-0.2, -0.15) is 0 Å². The average molecular weight is 299 g/mol. The molecule has 1 aromatic carbocycles. The summed E-state index contributed by atoms with van der Waals surface area (Å²) in [4.78, 5) is 0. The lowest BCUT2D eigenvalue weighted by molar-refractivity contribution is 0.578. The van der Waals surface area contributed by atoms with Crippen LogP contribution in [0.15, 0.2) is 30.3 Å². The molecule has 1 atom stereocenters. The van der Waals surface area contributed by atoms with E-state index in [4.69, 9.17) is 5.84 Å². The van der Waals surface area contributed by atoms with Crippen molar-refractivity contribution in [3.05, 3.63) is 30.3 Å². The molecule has 1 aliphatic rings. The molecule has 2 rings (SSSR count). The first-order valence-corrected chi connectivity index (χ1v) is 8.40. The fraction of sp³-hybridized carbons (Fsp3) is 0.571. The third-order valence-corrected chi connectivity index (χ3v) is 4.73. The second-order valence-electron chi connectivity index (χ2n) is 5.52. The second-order valence-corrected chi connectivity index (χ2v) is 7.61. The lowest BCUT2D eigenvalue weighted by atomic mass is 10.3. The summed E-state index contributed by atoms with van der Waals surface area (Å²) in [5.41, 5.74) is 0.495. The monoisotopic (exact) mass is 299 g/mol. The molecule has 0 spiro atoms. The van der Waals surface area contributed by atoms with E-state index in [-0.39, 0.29) is 0 Å². The smallest absolute Gasteiger partial charge is 0.252 e. The average Bonchev–Trinajstić information content (AvgIpc) is 2.93. The summed E-state index contributed by atoms with van der Waals surface area (Å²) in [6, 6.07) is 8.70. The highest BCUT2D eigenvalue weighted by molar-refractivity contribution is 7.93. The van der Waals surface area contributed by atoms with E-state index in [1.165, 1.54) is 0 Å². The van der Waals surface area contributed by atoms with Crippen molar-refractivity contribution in [3.63, 3.8) is 0 Å². The third-order valence-electron chi connectivity index (χ3n) is 2.72. The molecule has 0 aliphatic carbocycles. The summed E-state index contributed by atoms with van der Waals surface area (Å²) in [5, 5.41) is 2.60. The van der Waals surface area contributed by atoms with Gasteiger partial charge in [0.05, 0.1) is 10.9 Å². The Morgan fingerprint density at radius 3 is 2.25 bits per heavy atom. The fourth-order valence-corrected chi connectivity index (χ4v) is 3.25. The molecule has 0 saturated carbocycles. The molecule has 1 fully saturated rings. The fourth-order valence-electron chi connectivity index (χ4n) is 1.76. The number of hydrogen-bond donors (Lipinski definition) is 2. The summed E-state index contributed by atoms with van der Waals surface area (Å²) >= 11 is 0. The summed E-state index contributed by atoms with van der Waals surface area (Å²) in [6.07, 6.45) is 0.614. The van der Waals surface area contributed by atoms with Crippen LogP contribution in [0.5, 0.6) is 0 Å². The van der Waals surface area contributed by atoms with Crippen LogP contribution in [-0.2, 0) is 10.0 Å². The van der Waals surface area contributed by atoms with Crippen molar-refractivity contribution in [2.45, 2.75) is 32.4 Å². The molecule has 0 radical (unpaired) electrons. The Bertz CT molecular complexity index is 480. The van der Waals surface area contributed by atoms with Gasteiger partial charge in [-0.25, -0.2) is 18.7 Å². The molecule has 1 aliphatic heterocycles. The Kier molecular flexibility index (Phi) is 6.45. The van der Waals surface area contributed by atoms with Crippen LogP contribution in [0, 0.1) is 5.92 Å². The maximum Gasteiger partial charge on any atom is 0.252 e. The maximum absolute atomic E-state index is 12.1. The molecular weight excluding hydrogens is 274 g/mol. The van der Waals surface area contributed by atoms with Gasteiger partial charge in [0.2, 0.25) is 0 Å². The van der Waals surface area contributed by atoms with Gasteiger partial charge >= 0.3 is 0 Å². The summed E-state index contributed by atoms with van der Waals surface area (Å²) in [7, 11) is -3.44. The van der Waals surface area contributed by atoms with Gasteiger partial charge in [0.15, 0.2) is 0 Å². The van der Waals surface area contributed by atoms with Gasteiger partial charge in [-0.1, -0.05) is 39.0 Å². The van der Waals surface area contributed by atoms with E-state index in [0.29, 0.717) is 18.7 Å². The number of nitrogens with one attached hydrogen (secondary N) is 1. The molecule has 20 heavy (non-hydrogen) atoms. The second kappa shape index (κ2) is 7.61. The predicted molar refractivity (Wildman–Crippen MR) is 83.8 cm³/mol. The molecule has 114 valence electrons. The zero-order valence-corrected chi connectivity index (χ0v) is 13.2. The number of nitrogens with zero attached hydrogens (tertiary/aromatic N) is 1. The van der Waals surface area contributed by atoms with E-state index in [0.717, 1.165) is 16.9 Å². The van der Waals surface area contributed by atoms with Gasteiger partial charge in [0, 0.05) is 6.54 Å². The standard InChI is InChI=1S/C10H15N3O2S.C4H10/c11-13(9-4-2-1-3-5-9)16(14,15)10-6-7-12-8-10;1-4(2)3/h1-5,10,12H,6-8,11H2;4H,1-3H3. The van der Waals surface area contributed by atoms with E-state index < -0.39 is 15.3 Å². The van der Waals surface area contributed by atoms with Crippen molar-refractivity contribution in [1.29, 1.82) is 0 Å². The molecule has 3 N–H and O–H groups in total. The lowest BCUT2D eigenvalue weighted by Gasteiger charge is -2.22. The largest absolute Gasteiger partial charge is 0.315 e. The number of benzene rings is 1. The van der Waals surface area contributed by atoms with E-state index >= 15 is 0 Å². The number of nitrogens with two attached hydrogens (primary N) is 1. The summed E-state index contributed by atoms with van der Waals surface area (Å²) in [6.45, 7) is 7.70. The highest BCUT2D eigenvalue weighted by atomic mass is 32.2. The van der Waals surface area contributed by atoms with Gasteiger partial charge < -0.3 is 5.32 Å². The highest BCUT2D eigenvalue weighted by Gasteiger charge is 2.32. The van der Waals surface area contributed by atoms with E-state index in [1.807, 2.05) is 6.07 Å². The Hall–Kier alpha value is -1.11. The first kappa shape index (κ1) is 16.9. The number of hydrogen-bond acceptors (Lipinski definition) is 4. The zero-order chi connectivity index (χ0) is 15.2. The highest BCUT2D eigenvalue weighted by Crippen LogP contribution is 2.19. The van der Waals surface area contributed by atoms with Gasteiger partial charge in [0.25, 0.3) is 10.0 Å².